The highest BCUT2D eigenvalue weighted by atomic mass is 16.5. The molecule has 0 aliphatic heterocycles. The molecule has 4 rings (SSSR count). The van der Waals surface area contributed by atoms with E-state index in [9.17, 15) is 4.79 Å². The van der Waals surface area contributed by atoms with Gasteiger partial charge in [0, 0.05) is 25.0 Å². The third kappa shape index (κ3) is 4.64. The summed E-state index contributed by atoms with van der Waals surface area (Å²) in [4.78, 5) is 15.7. The van der Waals surface area contributed by atoms with Gasteiger partial charge in [-0.1, -0.05) is 48.9 Å². The van der Waals surface area contributed by atoms with Crippen LogP contribution < -0.4 is 10.5 Å². The van der Waals surface area contributed by atoms with Crippen molar-refractivity contribution in [1.29, 1.82) is 0 Å². The zero-order valence-electron chi connectivity index (χ0n) is 17.3. The molecule has 0 aromatic heterocycles. The summed E-state index contributed by atoms with van der Waals surface area (Å²) in [6.07, 6.45) is 5.52. The molecule has 4 heteroatoms. The minimum absolute atomic E-state index is 0.104. The predicted molar refractivity (Wildman–Crippen MR) is 115 cm³/mol. The largest absolute Gasteiger partial charge is 0.497 e. The van der Waals surface area contributed by atoms with E-state index in [0.717, 1.165) is 24.2 Å². The van der Waals surface area contributed by atoms with Gasteiger partial charge in [-0.2, -0.15) is 0 Å². The molecule has 0 saturated heterocycles. The van der Waals surface area contributed by atoms with Gasteiger partial charge in [0.1, 0.15) is 5.75 Å². The van der Waals surface area contributed by atoms with Crippen LogP contribution in [0.1, 0.15) is 43.2 Å². The first-order valence-electron chi connectivity index (χ1n) is 10.8. The number of nitrogens with two attached hydrogens (primary N) is 1. The monoisotopic (exact) mass is 392 g/mol. The molecular formula is C25H32N2O2. The Hall–Kier alpha value is -2.33. The fraction of sp³-hybridized carbons (Fsp3) is 0.480. The number of methoxy groups -OCH3 is 1. The Kier molecular flexibility index (Phi) is 6.19. The maximum absolute atomic E-state index is 13.6. The highest BCUT2D eigenvalue weighted by Gasteiger charge is 2.41. The van der Waals surface area contributed by atoms with Gasteiger partial charge in [0.15, 0.2) is 0 Å². The molecular weight excluding hydrogens is 360 g/mol. The second-order valence-corrected chi connectivity index (χ2v) is 8.72. The normalized spacial score (nSPS) is 26.0. The molecule has 2 N–H and O–H groups in total. The minimum atomic E-state index is 0.104. The minimum Gasteiger partial charge on any atom is -0.497 e. The molecule has 0 heterocycles. The molecule has 2 aliphatic carbocycles. The number of carbonyl (C=O) groups excluding carboxylic acids is 1. The Balaban J connectivity index is 1.52. The molecule has 4 nitrogen and oxygen atoms in total. The lowest BCUT2D eigenvalue weighted by Crippen LogP contribution is -2.49. The first-order chi connectivity index (χ1) is 14.1. The third-order valence-electron chi connectivity index (χ3n) is 6.82. The standard InChI is InChI=1S/C25H32N2O2/c1-29-23-12-10-19(11-13-23)17-27(16-18-6-3-2-4-7-18)25(28)22-14-20-8-5-9-21(15-22)24(20)26/h2-4,6-7,10-13,20-22,24H,5,8-9,14-17,26H2,1H3. The van der Waals surface area contributed by atoms with Crippen LogP contribution in [0.5, 0.6) is 5.75 Å². The molecule has 2 bridgehead atoms. The number of nitrogens with zero attached hydrogens (tertiary/aromatic N) is 1. The van der Waals surface area contributed by atoms with E-state index in [1.807, 2.05) is 35.2 Å². The highest BCUT2D eigenvalue weighted by molar-refractivity contribution is 5.79. The van der Waals surface area contributed by atoms with Crippen molar-refractivity contribution in [3.8, 4) is 5.75 Å². The lowest BCUT2D eigenvalue weighted by Gasteiger charge is -2.44. The number of hydrogen-bond acceptors (Lipinski definition) is 3. The van der Waals surface area contributed by atoms with Crippen molar-refractivity contribution in [3.05, 3.63) is 65.7 Å². The van der Waals surface area contributed by atoms with Crippen LogP contribution in [0, 0.1) is 17.8 Å². The van der Waals surface area contributed by atoms with Crippen molar-refractivity contribution in [2.75, 3.05) is 7.11 Å². The first-order valence-corrected chi connectivity index (χ1v) is 10.8. The summed E-state index contributed by atoms with van der Waals surface area (Å²) in [7, 11) is 1.67. The van der Waals surface area contributed by atoms with Gasteiger partial charge in [0.05, 0.1) is 7.11 Å². The van der Waals surface area contributed by atoms with Crippen LogP contribution >= 0.6 is 0 Å². The zero-order chi connectivity index (χ0) is 20.2. The number of amides is 1. The Morgan fingerprint density at radius 2 is 1.55 bits per heavy atom. The molecule has 2 aliphatic rings. The van der Waals surface area contributed by atoms with Gasteiger partial charge in [-0.15, -0.1) is 0 Å². The van der Waals surface area contributed by atoms with Gasteiger partial charge in [-0.3, -0.25) is 4.79 Å². The second kappa shape index (κ2) is 9.00. The molecule has 29 heavy (non-hydrogen) atoms. The van der Waals surface area contributed by atoms with E-state index in [1.54, 1.807) is 7.11 Å². The topological polar surface area (TPSA) is 55.6 Å². The smallest absolute Gasteiger partial charge is 0.226 e. The molecule has 2 saturated carbocycles. The first kappa shape index (κ1) is 20.0. The van der Waals surface area contributed by atoms with E-state index >= 15 is 0 Å². The molecule has 2 aromatic carbocycles. The van der Waals surface area contributed by atoms with Gasteiger partial charge < -0.3 is 15.4 Å². The van der Waals surface area contributed by atoms with Crippen LogP contribution in [0.2, 0.25) is 0 Å². The van der Waals surface area contributed by atoms with Crippen LogP contribution in [-0.2, 0) is 17.9 Å². The van der Waals surface area contributed by atoms with Gasteiger partial charge in [-0.25, -0.2) is 0 Å². The Labute approximate surface area is 174 Å². The summed E-state index contributed by atoms with van der Waals surface area (Å²) < 4.78 is 5.27. The summed E-state index contributed by atoms with van der Waals surface area (Å²) in [5.41, 5.74) is 8.76. The van der Waals surface area contributed by atoms with Crippen LogP contribution in [0.3, 0.4) is 0 Å². The predicted octanol–water partition coefficient (Wildman–Crippen LogP) is 4.38. The molecule has 2 unspecified atom stereocenters. The molecule has 2 aromatic rings. The van der Waals surface area contributed by atoms with E-state index in [0.29, 0.717) is 24.9 Å². The van der Waals surface area contributed by atoms with Crippen molar-refractivity contribution in [1.82, 2.24) is 4.90 Å². The molecule has 1 amide bonds. The Morgan fingerprint density at radius 1 is 0.966 bits per heavy atom. The number of carbonyl (C=O) groups is 1. The van der Waals surface area contributed by atoms with E-state index < -0.39 is 0 Å². The summed E-state index contributed by atoms with van der Waals surface area (Å²) in [6.45, 7) is 1.26. The summed E-state index contributed by atoms with van der Waals surface area (Å²) in [5.74, 6) is 2.25. The number of ether oxygens (including phenoxy) is 1. The quantitative estimate of drug-likeness (QED) is 0.794. The molecule has 2 fully saturated rings. The third-order valence-corrected chi connectivity index (χ3v) is 6.82. The lowest BCUT2D eigenvalue weighted by molar-refractivity contribution is -0.140. The van der Waals surface area contributed by atoms with Gasteiger partial charge >= 0.3 is 0 Å². The molecule has 2 atom stereocenters. The average Bonchev–Trinajstić information content (AvgIpc) is 2.74. The van der Waals surface area contributed by atoms with E-state index in [2.05, 4.69) is 24.3 Å². The van der Waals surface area contributed by atoms with Crippen LogP contribution in [0.4, 0.5) is 0 Å². The summed E-state index contributed by atoms with van der Waals surface area (Å²) >= 11 is 0. The highest BCUT2D eigenvalue weighted by Crippen LogP contribution is 2.42. The van der Waals surface area contributed by atoms with Gasteiger partial charge in [0.25, 0.3) is 0 Å². The SMILES string of the molecule is COc1ccc(CN(Cc2ccccc2)C(=O)C2CC3CCCC(C2)C3N)cc1. The van der Waals surface area contributed by atoms with Crippen molar-refractivity contribution in [2.24, 2.45) is 23.5 Å². The maximum Gasteiger partial charge on any atom is 0.226 e. The van der Waals surface area contributed by atoms with Gasteiger partial charge in [-0.05, 0) is 60.8 Å². The van der Waals surface area contributed by atoms with Gasteiger partial charge in [0.2, 0.25) is 5.91 Å². The van der Waals surface area contributed by atoms with Crippen molar-refractivity contribution in [3.63, 3.8) is 0 Å². The average molecular weight is 393 g/mol. The lowest BCUT2D eigenvalue weighted by atomic mass is 9.65. The van der Waals surface area contributed by atoms with Crippen LogP contribution in [-0.4, -0.2) is 24.0 Å². The Morgan fingerprint density at radius 3 is 2.14 bits per heavy atom. The van der Waals surface area contributed by atoms with E-state index in [1.165, 1.54) is 24.8 Å². The number of rotatable bonds is 6. The fourth-order valence-electron chi connectivity index (χ4n) is 5.22. The fourth-order valence-corrected chi connectivity index (χ4v) is 5.22. The molecule has 0 spiro atoms. The van der Waals surface area contributed by atoms with Crippen LogP contribution in [0.15, 0.2) is 54.6 Å². The summed E-state index contributed by atoms with van der Waals surface area (Å²) in [5, 5.41) is 0. The van der Waals surface area contributed by atoms with E-state index in [-0.39, 0.29) is 17.9 Å². The number of benzene rings is 2. The Bertz CT molecular complexity index is 791. The van der Waals surface area contributed by atoms with Crippen molar-refractivity contribution in [2.45, 2.75) is 51.2 Å². The number of hydrogen-bond donors (Lipinski definition) is 1. The zero-order valence-corrected chi connectivity index (χ0v) is 17.3. The maximum atomic E-state index is 13.6. The van der Waals surface area contributed by atoms with Crippen molar-refractivity contribution >= 4 is 5.91 Å². The number of fused-ring (bicyclic) bond motifs is 2. The van der Waals surface area contributed by atoms with Crippen LogP contribution in [0.25, 0.3) is 0 Å². The van der Waals surface area contributed by atoms with E-state index in [4.69, 9.17) is 10.5 Å². The second-order valence-electron chi connectivity index (χ2n) is 8.72. The molecule has 0 radical (unpaired) electrons. The summed E-state index contributed by atoms with van der Waals surface area (Å²) in [6, 6.07) is 18.6. The van der Waals surface area contributed by atoms with Crippen molar-refractivity contribution < 1.29 is 9.53 Å². The molecule has 154 valence electrons.